The summed E-state index contributed by atoms with van der Waals surface area (Å²) in [6.45, 7) is 1.93. The number of carbonyl (C=O) groups is 1. The van der Waals surface area contributed by atoms with Crippen LogP contribution in [0.2, 0.25) is 0 Å². The summed E-state index contributed by atoms with van der Waals surface area (Å²) in [7, 11) is 1.54. The third kappa shape index (κ3) is 3.80. The van der Waals surface area contributed by atoms with Gasteiger partial charge in [-0.1, -0.05) is 6.92 Å². The Morgan fingerprint density at radius 3 is 2.95 bits per heavy atom. The van der Waals surface area contributed by atoms with Gasteiger partial charge in [0, 0.05) is 11.3 Å². The lowest BCUT2D eigenvalue weighted by atomic mass is 10.2. The summed E-state index contributed by atoms with van der Waals surface area (Å²) in [5, 5.41) is 13.1. The second kappa shape index (κ2) is 7.19. The van der Waals surface area contributed by atoms with Crippen molar-refractivity contribution in [1.82, 2.24) is 4.98 Å². The number of rotatable bonds is 6. The Hall–Kier alpha value is -1.92. The van der Waals surface area contributed by atoms with E-state index < -0.39 is 0 Å². The molecule has 0 aliphatic rings. The Morgan fingerprint density at radius 1 is 1.48 bits per heavy atom. The van der Waals surface area contributed by atoms with Crippen LogP contribution in [0, 0.1) is 0 Å². The van der Waals surface area contributed by atoms with Gasteiger partial charge < -0.3 is 15.2 Å². The van der Waals surface area contributed by atoms with E-state index in [9.17, 15) is 9.90 Å². The van der Waals surface area contributed by atoms with Crippen LogP contribution in [-0.4, -0.2) is 23.1 Å². The molecule has 2 rings (SSSR count). The summed E-state index contributed by atoms with van der Waals surface area (Å²) in [5.41, 5.74) is 1.25. The van der Waals surface area contributed by atoms with E-state index in [0.29, 0.717) is 21.9 Å². The van der Waals surface area contributed by atoms with Crippen molar-refractivity contribution >= 4 is 22.9 Å². The first kappa shape index (κ1) is 15.5. The second-order valence-corrected chi connectivity index (χ2v) is 5.62. The van der Waals surface area contributed by atoms with Crippen LogP contribution in [0.1, 0.15) is 33.6 Å². The Balaban J connectivity index is 2.11. The first-order valence-electron chi connectivity index (χ1n) is 6.71. The van der Waals surface area contributed by atoms with Crippen molar-refractivity contribution in [2.24, 2.45) is 0 Å². The van der Waals surface area contributed by atoms with Crippen molar-refractivity contribution in [2.75, 3.05) is 12.4 Å². The maximum Gasteiger partial charge on any atom is 0.267 e. The maximum absolute atomic E-state index is 12.2. The quantitative estimate of drug-likeness (QED) is 0.861. The summed E-state index contributed by atoms with van der Waals surface area (Å²) >= 11 is 1.41. The Bertz CT molecular complexity index is 625. The van der Waals surface area contributed by atoms with E-state index in [4.69, 9.17) is 4.74 Å². The zero-order chi connectivity index (χ0) is 15.2. The third-order valence-electron chi connectivity index (χ3n) is 2.95. The molecule has 1 aromatic heterocycles. The van der Waals surface area contributed by atoms with Crippen LogP contribution in [0.3, 0.4) is 0 Å². The van der Waals surface area contributed by atoms with Crippen LogP contribution in [0.5, 0.6) is 5.75 Å². The van der Waals surface area contributed by atoms with Crippen LogP contribution in [0.4, 0.5) is 5.69 Å². The van der Waals surface area contributed by atoms with E-state index >= 15 is 0 Å². The molecule has 112 valence electrons. The molecule has 0 fully saturated rings. The number of amides is 1. The SMILES string of the molecule is CCCc1ncc(C(=O)Nc2ccc(OC)c(CO)c2)s1. The van der Waals surface area contributed by atoms with Crippen molar-refractivity contribution in [3.63, 3.8) is 0 Å². The molecule has 0 aliphatic heterocycles. The van der Waals surface area contributed by atoms with Gasteiger partial charge in [0.1, 0.15) is 10.6 Å². The molecule has 2 aromatic rings. The molecule has 1 aromatic carbocycles. The van der Waals surface area contributed by atoms with Crippen molar-refractivity contribution in [2.45, 2.75) is 26.4 Å². The van der Waals surface area contributed by atoms with Crippen LogP contribution >= 0.6 is 11.3 Å². The summed E-state index contributed by atoms with van der Waals surface area (Å²) in [6.07, 6.45) is 3.49. The van der Waals surface area contributed by atoms with Crippen LogP contribution in [0.25, 0.3) is 0 Å². The number of hydrogen-bond acceptors (Lipinski definition) is 5. The molecule has 0 saturated heterocycles. The molecule has 0 radical (unpaired) electrons. The molecule has 1 amide bonds. The van der Waals surface area contributed by atoms with Crippen molar-refractivity contribution in [3.05, 3.63) is 39.8 Å². The number of carbonyl (C=O) groups excluding carboxylic acids is 1. The molecule has 0 unspecified atom stereocenters. The van der Waals surface area contributed by atoms with Gasteiger partial charge in [-0.05, 0) is 31.0 Å². The van der Waals surface area contributed by atoms with Gasteiger partial charge >= 0.3 is 0 Å². The minimum atomic E-state index is -0.191. The fraction of sp³-hybridized carbons (Fsp3) is 0.333. The smallest absolute Gasteiger partial charge is 0.267 e. The number of hydrogen-bond donors (Lipinski definition) is 2. The number of methoxy groups -OCH3 is 1. The van der Waals surface area contributed by atoms with Gasteiger partial charge in [-0.15, -0.1) is 11.3 Å². The van der Waals surface area contributed by atoms with Gasteiger partial charge in [0.05, 0.1) is 24.9 Å². The average Bonchev–Trinajstić information content (AvgIpc) is 2.96. The van der Waals surface area contributed by atoms with Gasteiger partial charge in [-0.2, -0.15) is 0 Å². The first-order chi connectivity index (χ1) is 10.2. The van der Waals surface area contributed by atoms with E-state index in [0.717, 1.165) is 17.8 Å². The molecule has 0 atom stereocenters. The Labute approximate surface area is 127 Å². The maximum atomic E-state index is 12.2. The number of nitrogens with one attached hydrogen (secondary N) is 1. The normalized spacial score (nSPS) is 10.4. The number of aliphatic hydroxyl groups is 1. The van der Waals surface area contributed by atoms with Gasteiger partial charge in [-0.3, -0.25) is 4.79 Å². The standard InChI is InChI=1S/C15H18N2O3S/c1-3-4-14-16-8-13(21-14)15(19)17-11-5-6-12(20-2)10(7-11)9-18/h5-8,18H,3-4,9H2,1-2H3,(H,17,19). The largest absolute Gasteiger partial charge is 0.496 e. The number of aryl methyl sites for hydroxylation is 1. The minimum Gasteiger partial charge on any atom is -0.496 e. The molecule has 0 bridgehead atoms. The molecular weight excluding hydrogens is 288 g/mol. The monoisotopic (exact) mass is 306 g/mol. The third-order valence-corrected chi connectivity index (χ3v) is 4.01. The first-order valence-corrected chi connectivity index (χ1v) is 7.53. The highest BCUT2D eigenvalue weighted by Gasteiger charge is 2.12. The molecule has 21 heavy (non-hydrogen) atoms. The lowest BCUT2D eigenvalue weighted by Crippen LogP contribution is -2.10. The van der Waals surface area contributed by atoms with E-state index in [-0.39, 0.29) is 12.5 Å². The van der Waals surface area contributed by atoms with Gasteiger partial charge in [0.15, 0.2) is 0 Å². The Morgan fingerprint density at radius 2 is 2.29 bits per heavy atom. The van der Waals surface area contributed by atoms with E-state index in [1.807, 2.05) is 0 Å². The molecule has 6 heteroatoms. The van der Waals surface area contributed by atoms with Crippen molar-refractivity contribution in [3.8, 4) is 5.75 Å². The number of thiazole rings is 1. The predicted octanol–water partition coefficient (Wildman–Crippen LogP) is 2.85. The number of aromatic nitrogens is 1. The van der Waals surface area contributed by atoms with Crippen LogP contribution < -0.4 is 10.1 Å². The zero-order valence-corrected chi connectivity index (χ0v) is 12.9. The molecule has 0 aliphatic carbocycles. The fourth-order valence-electron chi connectivity index (χ4n) is 1.92. The molecule has 1 heterocycles. The number of anilines is 1. The highest BCUT2D eigenvalue weighted by Crippen LogP contribution is 2.23. The molecule has 2 N–H and O–H groups in total. The van der Waals surface area contributed by atoms with E-state index in [1.54, 1.807) is 31.5 Å². The van der Waals surface area contributed by atoms with Gasteiger partial charge in [-0.25, -0.2) is 4.98 Å². The fourth-order valence-corrected chi connectivity index (χ4v) is 2.83. The lowest BCUT2D eigenvalue weighted by Gasteiger charge is -2.09. The molecule has 0 spiro atoms. The van der Waals surface area contributed by atoms with Crippen LogP contribution in [-0.2, 0) is 13.0 Å². The minimum absolute atomic E-state index is 0.145. The summed E-state index contributed by atoms with van der Waals surface area (Å²) < 4.78 is 5.13. The Kier molecular flexibility index (Phi) is 5.30. The molecule has 5 nitrogen and oxygen atoms in total. The van der Waals surface area contributed by atoms with Crippen molar-refractivity contribution in [1.29, 1.82) is 0 Å². The molecule has 0 saturated carbocycles. The van der Waals surface area contributed by atoms with E-state index in [1.165, 1.54) is 11.3 Å². The molecular formula is C15H18N2O3S. The van der Waals surface area contributed by atoms with Gasteiger partial charge in [0.25, 0.3) is 5.91 Å². The van der Waals surface area contributed by atoms with E-state index in [2.05, 4.69) is 17.2 Å². The lowest BCUT2D eigenvalue weighted by molar-refractivity contribution is 0.103. The second-order valence-electron chi connectivity index (χ2n) is 4.51. The average molecular weight is 306 g/mol. The van der Waals surface area contributed by atoms with Gasteiger partial charge in [0.2, 0.25) is 0 Å². The van der Waals surface area contributed by atoms with Crippen molar-refractivity contribution < 1.29 is 14.6 Å². The number of ether oxygens (including phenoxy) is 1. The topological polar surface area (TPSA) is 71.5 Å². The highest BCUT2D eigenvalue weighted by atomic mass is 32.1. The predicted molar refractivity (Wildman–Crippen MR) is 83.0 cm³/mol. The van der Waals surface area contributed by atoms with Crippen LogP contribution in [0.15, 0.2) is 24.4 Å². The zero-order valence-electron chi connectivity index (χ0n) is 12.0. The highest BCUT2D eigenvalue weighted by molar-refractivity contribution is 7.13. The number of aliphatic hydroxyl groups excluding tert-OH is 1. The number of benzene rings is 1. The summed E-state index contributed by atoms with van der Waals surface area (Å²) in [6, 6.07) is 5.16. The number of nitrogens with zero attached hydrogens (tertiary/aromatic N) is 1. The summed E-state index contributed by atoms with van der Waals surface area (Å²) in [4.78, 5) is 17.0. The summed E-state index contributed by atoms with van der Waals surface area (Å²) in [5.74, 6) is 0.405.